The van der Waals surface area contributed by atoms with Crippen LogP contribution in [-0.4, -0.2) is 36.3 Å². The summed E-state index contributed by atoms with van der Waals surface area (Å²) in [6.07, 6.45) is 1.02. The Morgan fingerprint density at radius 2 is 1.78 bits per heavy atom. The molecule has 1 saturated heterocycles. The molecule has 0 radical (unpaired) electrons. The molecule has 1 fully saturated rings. The molecule has 1 unspecified atom stereocenters. The Kier molecular flexibility index (Phi) is 5.08. The Hall–Kier alpha value is -2.14. The third-order valence-electron chi connectivity index (χ3n) is 3.88. The van der Waals surface area contributed by atoms with Crippen molar-refractivity contribution in [2.24, 2.45) is 0 Å². The molecule has 4 nitrogen and oxygen atoms in total. The van der Waals surface area contributed by atoms with Crippen molar-refractivity contribution in [3.05, 3.63) is 60.7 Å². The fraction of sp³-hybridized carbons (Fsp3) is 0.278. The van der Waals surface area contributed by atoms with E-state index in [1.165, 1.54) is 5.69 Å². The van der Waals surface area contributed by atoms with Gasteiger partial charge in [-0.2, -0.15) is 0 Å². The van der Waals surface area contributed by atoms with Crippen LogP contribution in [0.3, 0.4) is 0 Å². The fourth-order valence-corrected chi connectivity index (χ4v) is 3.79. The first-order valence-corrected chi connectivity index (χ1v) is 8.62. The van der Waals surface area contributed by atoms with Crippen LogP contribution in [0.2, 0.25) is 0 Å². The summed E-state index contributed by atoms with van der Waals surface area (Å²) in [4.78, 5) is 14.2. The molecule has 2 amide bonds. The van der Waals surface area contributed by atoms with E-state index in [4.69, 9.17) is 0 Å². The van der Waals surface area contributed by atoms with Crippen LogP contribution in [0.4, 0.5) is 16.2 Å². The second kappa shape index (κ2) is 7.42. The summed E-state index contributed by atoms with van der Waals surface area (Å²) >= 11 is 1.80. The van der Waals surface area contributed by atoms with Crippen LogP contribution in [0.5, 0.6) is 0 Å². The first-order valence-electron chi connectivity index (χ1n) is 7.79. The van der Waals surface area contributed by atoms with Crippen LogP contribution in [0.1, 0.15) is 6.42 Å². The number of rotatable bonds is 4. The second-order valence-corrected chi connectivity index (χ2v) is 7.02. The molecule has 5 heteroatoms. The lowest BCUT2D eigenvalue weighted by atomic mass is 10.3. The Morgan fingerprint density at radius 3 is 2.48 bits per heavy atom. The summed E-state index contributed by atoms with van der Waals surface area (Å²) in [6.45, 7) is 1.58. The molecule has 0 aliphatic carbocycles. The van der Waals surface area contributed by atoms with E-state index in [0.29, 0.717) is 5.25 Å². The molecular weight excluding hydrogens is 306 g/mol. The van der Waals surface area contributed by atoms with Crippen LogP contribution in [0.25, 0.3) is 0 Å². The number of hydrogen-bond donors (Lipinski definition) is 1. The molecule has 1 aliphatic rings. The van der Waals surface area contributed by atoms with Gasteiger partial charge in [-0.1, -0.05) is 36.4 Å². The van der Waals surface area contributed by atoms with Gasteiger partial charge in [-0.3, -0.25) is 0 Å². The normalized spacial score (nSPS) is 17.1. The Labute approximate surface area is 141 Å². The average molecular weight is 327 g/mol. The van der Waals surface area contributed by atoms with Crippen LogP contribution >= 0.6 is 11.9 Å². The number of para-hydroxylation sites is 2. The van der Waals surface area contributed by atoms with Gasteiger partial charge in [-0.25, -0.2) is 4.79 Å². The van der Waals surface area contributed by atoms with E-state index in [2.05, 4.69) is 28.8 Å². The molecule has 2 aromatic rings. The quantitative estimate of drug-likeness (QED) is 0.860. The summed E-state index contributed by atoms with van der Waals surface area (Å²) in [5.74, 6) is 0. The van der Waals surface area contributed by atoms with E-state index in [1.54, 1.807) is 11.9 Å². The summed E-state index contributed by atoms with van der Waals surface area (Å²) < 4.78 is 2.18. The smallest absolute Gasteiger partial charge is 0.321 e. The molecule has 23 heavy (non-hydrogen) atoms. The van der Waals surface area contributed by atoms with Gasteiger partial charge in [0.15, 0.2) is 0 Å². The minimum Gasteiger partial charge on any atom is -0.323 e. The largest absolute Gasteiger partial charge is 0.323 e. The lowest BCUT2D eigenvalue weighted by Gasteiger charge is -2.22. The lowest BCUT2D eigenvalue weighted by Crippen LogP contribution is -2.33. The highest BCUT2D eigenvalue weighted by molar-refractivity contribution is 8.01. The van der Waals surface area contributed by atoms with Crippen molar-refractivity contribution in [2.75, 3.05) is 29.8 Å². The van der Waals surface area contributed by atoms with Gasteiger partial charge in [-0.15, -0.1) is 0 Å². The molecule has 0 saturated carbocycles. The average Bonchev–Trinajstić information content (AvgIpc) is 3.05. The second-order valence-electron chi connectivity index (χ2n) is 5.59. The molecule has 2 aromatic carbocycles. The van der Waals surface area contributed by atoms with E-state index in [0.717, 1.165) is 25.2 Å². The minimum absolute atomic E-state index is 0.0123. The molecule has 0 spiro atoms. The number of urea groups is 1. The third kappa shape index (κ3) is 4.20. The van der Waals surface area contributed by atoms with E-state index in [9.17, 15) is 4.79 Å². The van der Waals surface area contributed by atoms with Crippen LogP contribution in [0, 0.1) is 0 Å². The molecule has 1 aliphatic heterocycles. The summed E-state index contributed by atoms with van der Waals surface area (Å²) in [6, 6.07) is 19.9. The number of nitrogens with one attached hydrogen (secondary N) is 1. The van der Waals surface area contributed by atoms with Crippen molar-refractivity contribution in [1.82, 2.24) is 4.90 Å². The Balaban J connectivity index is 1.51. The molecule has 1 N–H and O–H groups in total. The fourth-order valence-electron chi connectivity index (χ4n) is 2.65. The summed E-state index contributed by atoms with van der Waals surface area (Å²) in [5.41, 5.74) is 2.03. The topological polar surface area (TPSA) is 35.6 Å². The van der Waals surface area contributed by atoms with Gasteiger partial charge in [0.05, 0.1) is 0 Å². The Bertz CT molecular complexity index is 635. The summed E-state index contributed by atoms with van der Waals surface area (Å²) in [5, 5.41) is 3.39. The zero-order chi connectivity index (χ0) is 16.1. The molecule has 120 valence electrons. The van der Waals surface area contributed by atoms with Crippen molar-refractivity contribution in [3.8, 4) is 0 Å². The highest BCUT2D eigenvalue weighted by atomic mass is 32.2. The first-order chi connectivity index (χ1) is 11.2. The number of anilines is 2. The van der Waals surface area contributed by atoms with Gasteiger partial charge in [-0.05, 0) is 42.6 Å². The third-order valence-corrected chi connectivity index (χ3v) is 5.09. The van der Waals surface area contributed by atoms with Crippen molar-refractivity contribution in [2.45, 2.75) is 11.7 Å². The van der Waals surface area contributed by atoms with Gasteiger partial charge in [0, 0.05) is 36.8 Å². The molecule has 1 atom stereocenters. The number of likely N-dealkylation sites (tertiary alicyclic amines) is 1. The van der Waals surface area contributed by atoms with Crippen LogP contribution in [0.15, 0.2) is 60.7 Å². The Morgan fingerprint density at radius 1 is 1.13 bits per heavy atom. The number of benzene rings is 2. The maximum Gasteiger partial charge on any atom is 0.321 e. The predicted octanol–water partition coefficient (Wildman–Crippen LogP) is 4.08. The van der Waals surface area contributed by atoms with Gasteiger partial charge < -0.3 is 14.5 Å². The van der Waals surface area contributed by atoms with E-state index >= 15 is 0 Å². The predicted molar refractivity (Wildman–Crippen MR) is 97.9 cm³/mol. The number of carbonyl (C=O) groups is 1. The molecular formula is C18H21N3OS. The maximum absolute atomic E-state index is 12.3. The minimum atomic E-state index is -0.0123. The number of nitrogens with zero attached hydrogens (tertiary/aromatic N) is 2. The SMILES string of the molecule is CN(SC1CCN(C(=O)Nc2ccccc2)C1)c1ccccc1. The summed E-state index contributed by atoms with van der Waals surface area (Å²) in [7, 11) is 2.08. The van der Waals surface area contributed by atoms with Gasteiger partial charge in [0.1, 0.15) is 0 Å². The van der Waals surface area contributed by atoms with Gasteiger partial charge in [0.2, 0.25) is 0 Å². The number of amides is 2. The highest BCUT2D eigenvalue weighted by Gasteiger charge is 2.28. The van der Waals surface area contributed by atoms with Crippen molar-refractivity contribution < 1.29 is 4.79 Å². The molecule has 3 rings (SSSR count). The lowest BCUT2D eigenvalue weighted by molar-refractivity contribution is 0.222. The van der Waals surface area contributed by atoms with Gasteiger partial charge in [0.25, 0.3) is 0 Å². The van der Waals surface area contributed by atoms with Gasteiger partial charge >= 0.3 is 6.03 Å². The van der Waals surface area contributed by atoms with Crippen molar-refractivity contribution >= 4 is 29.4 Å². The highest BCUT2D eigenvalue weighted by Crippen LogP contribution is 2.29. The van der Waals surface area contributed by atoms with Crippen molar-refractivity contribution in [3.63, 3.8) is 0 Å². The van der Waals surface area contributed by atoms with Crippen LogP contribution in [-0.2, 0) is 0 Å². The van der Waals surface area contributed by atoms with Crippen LogP contribution < -0.4 is 9.62 Å². The van der Waals surface area contributed by atoms with Crippen molar-refractivity contribution in [1.29, 1.82) is 0 Å². The number of carbonyl (C=O) groups excluding carboxylic acids is 1. The number of hydrogen-bond acceptors (Lipinski definition) is 3. The molecule has 0 bridgehead atoms. The van der Waals surface area contributed by atoms with E-state index < -0.39 is 0 Å². The monoisotopic (exact) mass is 327 g/mol. The maximum atomic E-state index is 12.3. The zero-order valence-electron chi connectivity index (χ0n) is 13.2. The molecule has 1 heterocycles. The zero-order valence-corrected chi connectivity index (χ0v) is 14.0. The van der Waals surface area contributed by atoms with E-state index in [-0.39, 0.29) is 6.03 Å². The molecule has 0 aromatic heterocycles. The van der Waals surface area contributed by atoms with E-state index in [1.807, 2.05) is 53.4 Å². The standard InChI is InChI=1S/C18H21N3OS/c1-20(16-10-6-3-7-11-16)23-17-12-13-21(14-17)18(22)19-15-8-4-2-5-9-15/h2-11,17H,12-14H2,1H3,(H,19,22). The first kappa shape index (κ1) is 15.7.